The highest BCUT2D eigenvalue weighted by Gasteiger charge is 2.32. The van der Waals surface area contributed by atoms with Gasteiger partial charge in [0, 0.05) is 49.7 Å². The number of carboxylic acids is 1. The minimum atomic E-state index is -4.74. The lowest BCUT2D eigenvalue weighted by molar-refractivity contribution is -0.138. The minimum Gasteiger partial charge on any atom is -0.481 e. The fourth-order valence-electron chi connectivity index (χ4n) is 4.19. The van der Waals surface area contributed by atoms with Gasteiger partial charge in [0.15, 0.2) is 16.8 Å². The number of thiazole rings is 1. The molecule has 4 rings (SSSR count). The predicted octanol–water partition coefficient (Wildman–Crippen LogP) is 4.69. The standard InChI is InChI=1S/C25H28F5N7O2S/c1-3-35(2)13-18-21(15-10-16(25(28,29)30)12-17(26)11-15)33-24(40-18)34-22-20(27)23(32-14-31-22)37-8-6-36(7-9-37)5-4-19(38)39/h10-12,14H,3-9,13H2,1-2H3,(H,38,39)(H,31,32,33,34). The monoisotopic (exact) mass is 585 g/mol. The third-order valence-electron chi connectivity index (χ3n) is 6.46. The highest BCUT2D eigenvalue weighted by atomic mass is 32.1. The first kappa shape index (κ1) is 29.6. The zero-order chi connectivity index (χ0) is 29.0. The number of piperazine rings is 1. The first-order valence-corrected chi connectivity index (χ1v) is 13.3. The molecular formula is C25H28F5N7O2S. The van der Waals surface area contributed by atoms with Crippen molar-refractivity contribution in [3.05, 3.63) is 46.6 Å². The third-order valence-corrected chi connectivity index (χ3v) is 7.41. The Kier molecular flexibility index (Phi) is 9.15. The van der Waals surface area contributed by atoms with Crippen LogP contribution in [-0.4, -0.2) is 82.1 Å². The molecule has 40 heavy (non-hydrogen) atoms. The van der Waals surface area contributed by atoms with E-state index in [1.54, 1.807) is 4.90 Å². The average Bonchev–Trinajstić information content (AvgIpc) is 3.30. The summed E-state index contributed by atoms with van der Waals surface area (Å²) in [6, 6.07) is 2.26. The Bertz CT molecular complexity index is 1350. The first-order chi connectivity index (χ1) is 18.9. The number of anilines is 3. The summed E-state index contributed by atoms with van der Waals surface area (Å²) in [6.45, 7) is 5.23. The van der Waals surface area contributed by atoms with Crippen molar-refractivity contribution in [1.29, 1.82) is 0 Å². The number of hydrogen-bond acceptors (Lipinski definition) is 9. The molecule has 2 N–H and O–H groups in total. The molecule has 3 heterocycles. The quantitative estimate of drug-likeness (QED) is 0.329. The molecule has 9 nitrogen and oxygen atoms in total. The molecule has 0 unspecified atom stereocenters. The van der Waals surface area contributed by atoms with Crippen LogP contribution < -0.4 is 10.2 Å². The molecule has 15 heteroatoms. The zero-order valence-electron chi connectivity index (χ0n) is 21.8. The Morgan fingerprint density at radius 3 is 2.52 bits per heavy atom. The maximum Gasteiger partial charge on any atom is 0.416 e. The van der Waals surface area contributed by atoms with Crippen molar-refractivity contribution < 1.29 is 31.9 Å². The number of aromatic nitrogens is 3. The number of alkyl halides is 3. The number of carbonyl (C=O) groups is 1. The van der Waals surface area contributed by atoms with Crippen molar-refractivity contribution in [1.82, 2.24) is 24.8 Å². The molecule has 0 spiro atoms. The Balaban J connectivity index is 1.59. The number of nitrogens with one attached hydrogen (secondary N) is 1. The molecule has 0 bridgehead atoms. The Morgan fingerprint density at radius 2 is 1.88 bits per heavy atom. The van der Waals surface area contributed by atoms with Crippen molar-refractivity contribution in [2.75, 3.05) is 56.5 Å². The molecule has 1 fully saturated rings. The van der Waals surface area contributed by atoms with Gasteiger partial charge in [0.05, 0.1) is 17.7 Å². The van der Waals surface area contributed by atoms with E-state index in [9.17, 15) is 22.4 Å². The molecule has 1 aliphatic heterocycles. The summed E-state index contributed by atoms with van der Waals surface area (Å²) in [5.41, 5.74) is -1.01. The zero-order valence-corrected chi connectivity index (χ0v) is 22.6. The van der Waals surface area contributed by atoms with Gasteiger partial charge in [-0.15, -0.1) is 0 Å². The first-order valence-electron chi connectivity index (χ1n) is 12.5. The van der Waals surface area contributed by atoms with Crippen LogP contribution in [0, 0.1) is 11.6 Å². The summed E-state index contributed by atoms with van der Waals surface area (Å²) in [7, 11) is 1.82. The van der Waals surface area contributed by atoms with E-state index < -0.39 is 29.3 Å². The van der Waals surface area contributed by atoms with Crippen LogP contribution in [0.25, 0.3) is 11.3 Å². The summed E-state index contributed by atoms with van der Waals surface area (Å²) in [6.07, 6.45) is -3.52. The van der Waals surface area contributed by atoms with E-state index in [1.807, 2.05) is 23.8 Å². The predicted molar refractivity (Wildman–Crippen MR) is 141 cm³/mol. The van der Waals surface area contributed by atoms with Crippen LogP contribution in [0.15, 0.2) is 24.5 Å². The fraction of sp³-hybridized carbons (Fsp3) is 0.440. The van der Waals surface area contributed by atoms with Crippen LogP contribution in [-0.2, 0) is 17.5 Å². The second kappa shape index (κ2) is 12.4. The minimum absolute atomic E-state index is 0.0227. The van der Waals surface area contributed by atoms with Gasteiger partial charge in [-0.1, -0.05) is 18.3 Å². The number of rotatable bonds is 10. The van der Waals surface area contributed by atoms with Crippen molar-refractivity contribution in [3.63, 3.8) is 0 Å². The van der Waals surface area contributed by atoms with Crippen molar-refractivity contribution >= 4 is 34.1 Å². The molecule has 3 aromatic rings. The van der Waals surface area contributed by atoms with E-state index in [0.717, 1.165) is 23.5 Å². The summed E-state index contributed by atoms with van der Waals surface area (Å²) >= 11 is 1.11. The average molecular weight is 586 g/mol. The van der Waals surface area contributed by atoms with Crippen molar-refractivity contribution in [2.24, 2.45) is 0 Å². The van der Waals surface area contributed by atoms with E-state index in [1.165, 1.54) is 6.33 Å². The van der Waals surface area contributed by atoms with E-state index in [2.05, 4.69) is 20.3 Å². The van der Waals surface area contributed by atoms with Crippen LogP contribution in [0.4, 0.5) is 38.7 Å². The summed E-state index contributed by atoms with van der Waals surface area (Å²) in [4.78, 5) is 29.5. The van der Waals surface area contributed by atoms with E-state index in [4.69, 9.17) is 5.11 Å². The molecule has 0 amide bonds. The SMILES string of the molecule is CCN(C)Cc1sc(Nc2ncnc(N3CCN(CCC(=O)O)CC3)c2F)nc1-c1cc(F)cc(C(F)(F)F)c1. The van der Waals surface area contributed by atoms with Gasteiger partial charge >= 0.3 is 12.1 Å². The number of benzene rings is 1. The molecule has 1 aromatic carbocycles. The van der Waals surface area contributed by atoms with E-state index in [-0.39, 0.29) is 34.4 Å². The lowest BCUT2D eigenvalue weighted by Crippen LogP contribution is -2.47. The topological polar surface area (TPSA) is 97.7 Å². The van der Waals surface area contributed by atoms with Crippen LogP contribution >= 0.6 is 11.3 Å². The lowest BCUT2D eigenvalue weighted by atomic mass is 10.1. The number of aliphatic carboxylic acids is 1. The Morgan fingerprint density at radius 1 is 1.15 bits per heavy atom. The summed E-state index contributed by atoms with van der Waals surface area (Å²) in [5, 5.41) is 11.9. The smallest absolute Gasteiger partial charge is 0.416 e. The highest BCUT2D eigenvalue weighted by Crippen LogP contribution is 2.38. The van der Waals surface area contributed by atoms with Crippen molar-refractivity contribution in [2.45, 2.75) is 26.1 Å². The summed E-state index contributed by atoms with van der Waals surface area (Å²) in [5.74, 6) is -2.75. The molecule has 0 radical (unpaired) electrons. The van der Waals surface area contributed by atoms with Crippen molar-refractivity contribution in [3.8, 4) is 11.3 Å². The van der Waals surface area contributed by atoms with Crippen LogP contribution in [0.2, 0.25) is 0 Å². The number of hydrogen-bond donors (Lipinski definition) is 2. The molecule has 0 aliphatic carbocycles. The van der Waals surface area contributed by atoms with Gasteiger partial charge in [0.1, 0.15) is 12.1 Å². The van der Waals surface area contributed by atoms with Gasteiger partial charge in [0.25, 0.3) is 0 Å². The number of halogens is 5. The second-order valence-electron chi connectivity index (χ2n) is 9.30. The molecule has 2 aromatic heterocycles. The fourth-order valence-corrected chi connectivity index (χ4v) is 5.25. The van der Waals surface area contributed by atoms with Crippen LogP contribution in [0.1, 0.15) is 23.8 Å². The molecular weight excluding hydrogens is 557 g/mol. The normalized spacial score (nSPS) is 14.7. The lowest BCUT2D eigenvalue weighted by Gasteiger charge is -2.35. The second-order valence-corrected chi connectivity index (χ2v) is 10.4. The van der Waals surface area contributed by atoms with Gasteiger partial charge < -0.3 is 20.2 Å². The van der Waals surface area contributed by atoms with E-state index in [0.29, 0.717) is 56.8 Å². The largest absolute Gasteiger partial charge is 0.481 e. The van der Waals surface area contributed by atoms with E-state index >= 15 is 4.39 Å². The van der Waals surface area contributed by atoms with Crippen LogP contribution in [0.5, 0.6) is 0 Å². The third kappa shape index (κ3) is 7.20. The maximum absolute atomic E-state index is 15.5. The number of nitrogens with zero attached hydrogens (tertiary/aromatic N) is 6. The molecule has 0 atom stereocenters. The number of carboxylic acid groups (broad SMARTS) is 1. The highest BCUT2D eigenvalue weighted by molar-refractivity contribution is 7.16. The van der Waals surface area contributed by atoms with Crippen LogP contribution in [0.3, 0.4) is 0 Å². The maximum atomic E-state index is 15.5. The molecule has 1 aliphatic rings. The molecule has 216 valence electrons. The Labute approximate surface area is 231 Å². The van der Waals surface area contributed by atoms with Gasteiger partial charge in [0.2, 0.25) is 5.82 Å². The molecule has 1 saturated heterocycles. The van der Waals surface area contributed by atoms with Gasteiger partial charge in [-0.3, -0.25) is 9.69 Å². The van der Waals surface area contributed by atoms with Gasteiger partial charge in [-0.2, -0.15) is 17.6 Å². The molecule has 0 saturated carbocycles. The van der Waals surface area contributed by atoms with Gasteiger partial charge in [-0.25, -0.2) is 19.3 Å². The Hall–Kier alpha value is -3.43. The van der Waals surface area contributed by atoms with Gasteiger partial charge in [-0.05, 0) is 31.8 Å². The summed E-state index contributed by atoms with van der Waals surface area (Å²) < 4.78 is 69.8.